The number of urea groups is 1. The average molecular weight is 585 g/mol. The molecular weight excluding hydrogens is 540 g/mol. The van der Waals surface area contributed by atoms with Crippen molar-refractivity contribution < 1.29 is 9.53 Å². The lowest BCUT2D eigenvalue weighted by molar-refractivity contribution is 0.140. The van der Waals surface area contributed by atoms with E-state index >= 15 is 0 Å². The standard InChI is InChI=1S/C33H44N8O2/c1-22-9-13-25(14-10-22)41-30(20-28(38-41)33(3,4)5)35-31(42)34-24-11-15-26(16-12-24)43-27-17-18-29-36-37-32(40(29)21-27)39-19-7-6-8-23(39)2/h9-10,13-14,17-18,20-21,23-24,26H,6-8,11-12,15-16,19H2,1-5H3,(H2,34,35,42)/t23-,24-,26-/m0/s1. The lowest BCUT2D eigenvalue weighted by Gasteiger charge is -2.33. The Kier molecular flexibility index (Phi) is 8.03. The number of benzene rings is 1. The van der Waals surface area contributed by atoms with E-state index in [2.05, 4.69) is 76.9 Å². The molecule has 1 aromatic carbocycles. The lowest BCUT2D eigenvalue weighted by Crippen LogP contribution is -2.42. The fraction of sp³-hybridized carbons (Fsp3) is 0.515. The van der Waals surface area contributed by atoms with Gasteiger partial charge in [-0.15, -0.1) is 10.2 Å². The molecule has 2 N–H and O–H groups in total. The number of carbonyl (C=O) groups is 1. The van der Waals surface area contributed by atoms with Crippen LogP contribution in [-0.4, -0.2) is 55.1 Å². The summed E-state index contributed by atoms with van der Waals surface area (Å²) in [5.74, 6) is 2.38. The summed E-state index contributed by atoms with van der Waals surface area (Å²) >= 11 is 0. The van der Waals surface area contributed by atoms with E-state index in [0.717, 1.165) is 61.0 Å². The Labute approximate surface area is 253 Å². The first-order valence-corrected chi connectivity index (χ1v) is 15.7. The molecule has 4 heterocycles. The van der Waals surface area contributed by atoms with Gasteiger partial charge in [0.15, 0.2) is 5.65 Å². The molecule has 1 aliphatic carbocycles. The highest BCUT2D eigenvalue weighted by molar-refractivity contribution is 5.89. The van der Waals surface area contributed by atoms with E-state index in [-0.39, 0.29) is 23.6 Å². The number of pyridine rings is 1. The summed E-state index contributed by atoms with van der Waals surface area (Å²) in [7, 11) is 0. The number of aromatic nitrogens is 5. The van der Waals surface area contributed by atoms with Gasteiger partial charge in [0.05, 0.1) is 23.7 Å². The van der Waals surface area contributed by atoms with Crippen LogP contribution in [0.2, 0.25) is 0 Å². The van der Waals surface area contributed by atoms with Crippen LogP contribution in [-0.2, 0) is 5.41 Å². The van der Waals surface area contributed by atoms with Gasteiger partial charge in [-0.05, 0) is 83.1 Å². The molecule has 1 saturated heterocycles. The van der Waals surface area contributed by atoms with E-state index in [9.17, 15) is 4.79 Å². The molecule has 6 rings (SSSR count). The van der Waals surface area contributed by atoms with Crippen molar-refractivity contribution in [3.05, 3.63) is 59.9 Å². The molecule has 3 aromatic heterocycles. The first-order valence-electron chi connectivity index (χ1n) is 15.7. The molecule has 2 amide bonds. The zero-order valence-electron chi connectivity index (χ0n) is 26.0. The number of aryl methyl sites for hydroxylation is 1. The number of hydrogen-bond acceptors (Lipinski definition) is 6. The van der Waals surface area contributed by atoms with Gasteiger partial charge in [0.1, 0.15) is 11.6 Å². The normalized spacial score (nSPS) is 21.1. The zero-order chi connectivity index (χ0) is 30.1. The molecule has 4 aromatic rings. The third-order valence-corrected chi connectivity index (χ3v) is 8.73. The largest absolute Gasteiger partial charge is 0.489 e. The second-order valence-electron chi connectivity index (χ2n) is 13.2. The third kappa shape index (κ3) is 6.48. The van der Waals surface area contributed by atoms with Crippen LogP contribution in [0.5, 0.6) is 5.75 Å². The average Bonchev–Trinajstić information content (AvgIpc) is 3.59. The highest BCUT2D eigenvalue weighted by Crippen LogP contribution is 2.29. The number of fused-ring (bicyclic) bond motifs is 1. The van der Waals surface area contributed by atoms with Gasteiger partial charge < -0.3 is 15.0 Å². The fourth-order valence-corrected chi connectivity index (χ4v) is 6.09. The Hall–Kier alpha value is -4.08. The number of nitrogens with one attached hydrogen (secondary N) is 2. The van der Waals surface area contributed by atoms with Gasteiger partial charge >= 0.3 is 6.03 Å². The Morgan fingerprint density at radius 1 is 0.977 bits per heavy atom. The second-order valence-corrected chi connectivity index (χ2v) is 13.2. The van der Waals surface area contributed by atoms with Gasteiger partial charge in [-0.25, -0.2) is 9.48 Å². The van der Waals surface area contributed by atoms with Crippen LogP contribution in [0.1, 0.15) is 83.9 Å². The number of piperidine rings is 1. The predicted octanol–water partition coefficient (Wildman–Crippen LogP) is 6.41. The Bertz CT molecular complexity index is 1560. The molecule has 228 valence electrons. The van der Waals surface area contributed by atoms with E-state index in [1.165, 1.54) is 24.8 Å². The molecule has 10 heteroatoms. The molecule has 2 fully saturated rings. The van der Waals surface area contributed by atoms with Gasteiger partial charge in [-0.2, -0.15) is 5.10 Å². The van der Waals surface area contributed by atoms with Crippen molar-refractivity contribution in [2.45, 2.75) is 103 Å². The maximum atomic E-state index is 13.1. The minimum absolute atomic E-state index is 0.0882. The van der Waals surface area contributed by atoms with E-state index in [1.807, 2.05) is 41.2 Å². The molecule has 0 spiro atoms. The summed E-state index contributed by atoms with van der Waals surface area (Å²) in [5.41, 5.74) is 3.69. The van der Waals surface area contributed by atoms with Gasteiger partial charge in [0.2, 0.25) is 5.95 Å². The number of hydrogen-bond donors (Lipinski definition) is 2. The molecular formula is C33H44N8O2. The van der Waals surface area contributed by atoms with Gasteiger partial charge in [-0.1, -0.05) is 38.5 Å². The van der Waals surface area contributed by atoms with Crippen LogP contribution in [0.25, 0.3) is 11.3 Å². The van der Waals surface area contributed by atoms with E-state index in [0.29, 0.717) is 11.9 Å². The lowest BCUT2D eigenvalue weighted by atomic mass is 9.92. The summed E-state index contributed by atoms with van der Waals surface area (Å²) in [6, 6.07) is 14.4. The number of anilines is 2. The quantitative estimate of drug-likeness (QED) is 0.272. The topological polar surface area (TPSA) is 102 Å². The summed E-state index contributed by atoms with van der Waals surface area (Å²) in [4.78, 5) is 15.5. The van der Waals surface area contributed by atoms with Gasteiger partial charge in [0, 0.05) is 30.1 Å². The minimum Gasteiger partial charge on any atom is -0.489 e. The third-order valence-electron chi connectivity index (χ3n) is 8.73. The molecule has 0 bridgehead atoms. The van der Waals surface area contributed by atoms with Crippen molar-refractivity contribution in [2.75, 3.05) is 16.8 Å². The van der Waals surface area contributed by atoms with Crippen molar-refractivity contribution in [3.63, 3.8) is 0 Å². The molecule has 2 aliphatic rings. The van der Waals surface area contributed by atoms with E-state index in [4.69, 9.17) is 9.84 Å². The summed E-state index contributed by atoms with van der Waals surface area (Å²) in [6.07, 6.45) is 9.19. The highest BCUT2D eigenvalue weighted by Gasteiger charge is 2.27. The van der Waals surface area contributed by atoms with Crippen LogP contribution in [0, 0.1) is 6.92 Å². The van der Waals surface area contributed by atoms with Crippen LogP contribution < -0.4 is 20.3 Å². The van der Waals surface area contributed by atoms with Gasteiger partial charge in [0.25, 0.3) is 0 Å². The van der Waals surface area contributed by atoms with Crippen molar-refractivity contribution in [3.8, 4) is 11.4 Å². The maximum Gasteiger partial charge on any atom is 0.320 e. The number of amides is 2. The Morgan fingerprint density at radius 3 is 2.47 bits per heavy atom. The predicted molar refractivity (Wildman–Crippen MR) is 169 cm³/mol. The summed E-state index contributed by atoms with van der Waals surface area (Å²) < 4.78 is 10.3. The first kappa shape index (κ1) is 29.0. The smallest absolute Gasteiger partial charge is 0.320 e. The van der Waals surface area contributed by atoms with Crippen LogP contribution >= 0.6 is 0 Å². The van der Waals surface area contributed by atoms with Crippen molar-refractivity contribution >= 4 is 23.4 Å². The van der Waals surface area contributed by atoms with Crippen molar-refractivity contribution in [1.82, 2.24) is 29.7 Å². The zero-order valence-corrected chi connectivity index (χ0v) is 26.0. The van der Waals surface area contributed by atoms with Crippen LogP contribution in [0.15, 0.2) is 48.7 Å². The maximum absolute atomic E-state index is 13.1. The minimum atomic E-state index is -0.212. The molecule has 0 radical (unpaired) electrons. The molecule has 0 unspecified atom stereocenters. The Morgan fingerprint density at radius 2 is 1.74 bits per heavy atom. The second kappa shape index (κ2) is 11.9. The molecule has 1 saturated carbocycles. The van der Waals surface area contributed by atoms with E-state index in [1.54, 1.807) is 0 Å². The SMILES string of the molecule is Cc1ccc(-n2nc(C(C)(C)C)cc2NC(=O)N[C@H]2CC[C@H](Oc3ccc4nnc(N5CCCC[C@@H]5C)n4c3)CC2)cc1. The molecule has 10 nitrogen and oxygen atoms in total. The number of carbonyl (C=O) groups excluding carboxylic acids is 1. The molecule has 1 atom stereocenters. The van der Waals surface area contributed by atoms with Gasteiger partial charge in [-0.3, -0.25) is 9.72 Å². The molecule has 43 heavy (non-hydrogen) atoms. The Balaban J connectivity index is 1.06. The fourth-order valence-electron chi connectivity index (χ4n) is 6.09. The number of nitrogens with zero attached hydrogens (tertiary/aromatic N) is 6. The number of rotatable bonds is 6. The molecule has 1 aliphatic heterocycles. The summed E-state index contributed by atoms with van der Waals surface area (Å²) in [6.45, 7) is 11.7. The first-order chi connectivity index (χ1) is 20.6. The van der Waals surface area contributed by atoms with Crippen molar-refractivity contribution in [2.24, 2.45) is 0 Å². The van der Waals surface area contributed by atoms with Crippen LogP contribution in [0.4, 0.5) is 16.6 Å². The van der Waals surface area contributed by atoms with Crippen LogP contribution in [0.3, 0.4) is 0 Å². The highest BCUT2D eigenvalue weighted by atomic mass is 16.5. The number of ether oxygens (including phenoxy) is 1. The summed E-state index contributed by atoms with van der Waals surface area (Å²) in [5, 5.41) is 20.0. The monoisotopic (exact) mass is 584 g/mol. The van der Waals surface area contributed by atoms with Crippen molar-refractivity contribution in [1.29, 1.82) is 0 Å². The van der Waals surface area contributed by atoms with E-state index < -0.39 is 0 Å².